The van der Waals surface area contributed by atoms with E-state index in [1.165, 1.54) is 11.3 Å². The zero-order valence-electron chi connectivity index (χ0n) is 8.84. The lowest BCUT2D eigenvalue weighted by Crippen LogP contribution is -2.25. The molecule has 0 aromatic carbocycles. The van der Waals surface area contributed by atoms with E-state index in [1.54, 1.807) is 30.3 Å². The van der Waals surface area contributed by atoms with Crippen LogP contribution in [-0.4, -0.2) is 17.9 Å². The van der Waals surface area contributed by atoms with E-state index in [0.717, 1.165) is 5.76 Å². The Hall–Kier alpha value is -1.75. The lowest BCUT2D eigenvalue weighted by Gasteiger charge is -2.14. The summed E-state index contributed by atoms with van der Waals surface area (Å²) in [5, 5.41) is 1.81. The molecule has 0 aliphatic rings. The van der Waals surface area contributed by atoms with Crippen molar-refractivity contribution < 1.29 is 9.21 Å². The molecule has 0 fully saturated rings. The third-order valence-electron chi connectivity index (χ3n) is 2.21. The van der Waals surface area contributed by atoms with Crippen molar-refractivity contribution in [2.45, 2.75) is 6.54 Å². The van der Waals surface area contributed by atoms with Gasteiger partial charge in [0, 0.05) is 7.05 Å². The molecule has 2 N–H and O–H groups in total. The highest BCUT2D eigenvalue weighted by Gasteiger charge is 2.16. The SMILES string of the molecule is CN(Cc1ccco1)C(=O)c1sccc1N. The summed E-state index contributed by atoms with van der Waals surface area (Å²) in [5.74, 6) is 0.676. The topological polar surface area (TPSA) is 59.5 Å². The summed E-state index contributed by atoms with van der Waals surface area (Å²) in [6.45, 7) is 0.448. The largest absolute Gasteiger partial charge is 0.467 e. The minimum atomic E-state index is -0.0797. The van der Waals surface area contributed by atoms with Crippen LogP contribution in [0.1, 0.15) is 15.4 Å². The highest BCUT2D eigenvalue weighted by Crippen LogP contribution is 2.21. The number of furan rings is 1. The molecule has 84 valence electrons. The highest BCUT2D eigenvalue weighted by molar-refractivity contribution is 7.12. The van der Waals surface area contributed by atoms with Crippen molar-refractivity contribution in [3.05, 3.63) is 40.5 Å². The summed E-state index contributed by atoms with van der Waals surface area (Å²) in [6, 6.07) is 5.37. The van der Waals surface area contributed by atoms with Crippen LogP contribution in [0.2, 0.25) is 0 Å². The monoisotopic (exact) mass is 236 g/mol. The fourth-order valence-electron chi connectivity index (χ4n) is 1.37. The Morgan fingerprint density at radius 3 is 2.94 bits per heavy atom. The molecule has 2 heterocycles. The lowest BCUT2D eigenvalue weighted by atomic mass is 10.3. The predicted molar refractivity (Wildman–Crippen MR) is 63.2 cm³/mol. The summed E-state index contributed by atoms with van der Waals surface area (Å²) >= 11 is 1.35. The van der Waals surface area contributed by atoms with E-state index in [9.17, 15) is 4.79 Å². The fourth-order valence-corrected chi connectivity index (χ4v) is 2.19. The number of hydrogen-bond acceptors (Lipinski definition) is 4. The van der Waals surface area contributed by atoms with E-state index in [2.05, 4.69) is 0 Å². The Labute approximate surface area is 97.3 Å². The molecule has 2 aromatic heterocycles. The van der Waals surface area contributed by atoms with Crippen molar-refractivity contribution in [3.8, 4) is 0 Å². The number of nitrogens with two attached hydrogens (primary N) is 1. The molecule has 0 unspecified atom stereocenters. The molecule has 2 aromatic rings. The third-order valence-corrected chi connectivity index (χ3v) is 3.13. The first-order chi connectivity index (χ1) is 7.68. The van der Waals surface area contributed by atoms with Crippen molar-refractivity contribution in [1.29, 1.82) is 0 Å². The summed E-state index contributed by atoms with van der Waals surface area (Å²) in [6.07, 6.45) is 1.59. The van der Waals surface area contributed by atoms with Crippen molar-refractivity contribution in [1.82, 2.24) is 4.90 Å². The van der Waals surface area contributed by atoms with Gasteiger partial charge in [-0.1, -0.05) is 0 Å². The minimum absolute atomic E-state index is 0.0797. The van der Waals surface area contributed by atoms with Gasteiger partial charge in [0.05, 0.1) is 18.5 Å². The number of rotatable bonds is 3. The molecule has 0 aliphatic heterocycles. The molecule has 0 saturated carbocycles. The second-order valence-corrected chi connectivity index (χ2v) is 4.36. The van der Waals surface area contributed by atoms with Gasteiger partial charge in [0.2, 0.25) is 0 Å². The van der Waals surface area contributed by atoms with Gasteiger partial charge in [-0.05, 0) is 23.6 Å². The van der Waals surface area contributed by atoms with Crippen molar-refractivity contribution >= 4 is 22.9 Å². The molecule has 1 amide bonds. The summed E-state index contributed by atoms with van der Waals surface area (Å²) in [7, 11) is 1.73. The predicted octanol–water partition coefficient (Wildman–Crippen LogP) is 2.20. The van der Waals surface area contributed by atoms with Gasteiger partial charge in [-0.2, -0.15) is 0 Å². The standard InChI is InChI=1S/C11H12N2O2S/c1-13(7-8-3-2-5-15-8)11(14)10-9(12)4-6-16-10/h2-6H,7,12H2,1H3. The number of carbonyl (C=O) groups excluding carboxylic acids is 1. The van der Waals surface area contributed by atoms with Crippen LogP contribution < -0.4 is 5.73 Å². The average molecular weight is 236 g/mol. The Morgan fingerprint density at radius 2 is 2.38 bits per heavy atom. The van der Waals surface area contributed by atoms with Crippen LogP contribution in [0.25, 0.3) is 0 Å². The second-order valence-electron chi connectivity index (χ2n) is 3.45. The van der Waals surface area contributed by atoms with Crippen LogP contribution in [0.5, 0.6) is 0 Å². The van der Waals surface area contributed by atoms with Gasteiger partial charge in [-0.3, -0.25) is 4.79 Å². The minimum Gasteiger partial charge on any atom is -0.467 e. The van der Waals surface area contributed by atoms with Crippen LogP contribution >= 0.6 is 11.3 Å². The van der Waals surface area contributed by atoms with Gasteiger partial charge in [0.1, 0.15) is 10.6 Å². The molecule has 0 aliphatic carbocycles. The first kappa shape index (κ1) is 10.8. The molecule has 0 saturated heterocycles. The van der Waals surface area contributed by atoms with Gasteiger partial charge in [0.25, 0.3) is 5.91 Å². The maximum Gasteiger partial charge on any atom is 0.266 e. The van der Waals surface area contributed by atoms with Crippen LogP contribution in [0, 0.1) is 0 Å². The Kier molecular flexibility index (Phi) is 2.96. The van der Waals surface area contributed by atoms with E-state index in [-0.39, 0.29) is 5.91 Å². The summed E-state index contributed by atoms with van der Waals surface area (Å²) in [4.78, 5) is 14.1. The Balaban J connectivity index is 2.08. The number of carbonyl (C=O) groups is 1. The molecular weight excluding hydrogens is 224 g/mol. The highest BCUT2D eigenvalue weighted by atomic mass is 32.1. The van der Waals surface area contributed by atoms with Gasteiger partial charge < -0.3 is 15.1 Å². The molecule has 16 heavy (non-hydrogen) atoms. The first-order valence-electron chi connectivity index (χ1n) is 4.79. The van der Waals surface area contributed by atoms with Crippen LogP contribution in [-0.2, 0) is 6.54 Å². The quantitative estimate of drug-likeness (QED) is 0.888. The number of nitrogen functional groups attached to an aromatic ring is 1. The lowest BCUT2D eigenvalue weighted by molar-refractivity contribution is 0.0781. The zero-order valence-corrected chi connectivity index (χ0v) is 9.66. The smallest absolute Gasteiger partial charge is 0.266 e. The Bertz CT molecular complexity index is 476. The molecule has 0 atom stereocenters. The van der Waals surface area contributed by atoms with Gasteiger partial charge in [-0.25, -0.2) is 0 Å². The third kappa shape index (κ3) is 2.09. The molecule has 0 spiro atoms. The zero-order chi connectivity index (χ0) is 11.5. The van der Waals surface area contributed by atoms with Crippen LogP contribution in [0.3, 0.4) is 0 Å². The second kappa shape index (κ2) is 4.40. The number of hydrogen-bond donors (Lipinski definition) is 1. The van der Waals surface area contributed by atoms with Gasteiger partial charge in [0.15, 0.2) is 0 Å². The molecule has 0 radical (unpaired) electrons. The number of anilines is 1. The first-order valence-corrected chi connectivity index (χ1v) is 5.67. The molecule has 0 bridgehead atoms. The normalized spacial score (nSPS) is 10.3. The van der Waals surface area contributed by atoms with E-state index < -0.39 is 0 Å². The van der Waals surface area contributed by atoms with Crippen molar-refractivity contribution in [2.24, 2.45) is 0 Å². The fraction of sp³-hybridized carbons (Fsp3) is 0.182. The van der Waals surface area contributed by atoms with E-state index in [4.69, 9.17) is 10.2 Å². The van der Waals surface area contributed by atoms with Gasteiger partial charge >= 0.3 is 0 Å². The van der Waals surface area contributed by atoms with E-state index in [1.807, 2.05) is 11.4 Å². The maximum atomic E-state index is 12.0. The number of thiophene rings is 1. The van der Waals surface area contributed by atoms with E-state index in [0.29, 0.717) is 17.1 Å². The van der Waals surface area contributed by atoms with Crippen molar-refractivity contribution in [3.63, 3.8) is 0 Å². The van der Waals surface area contributed by atoms with Crippen LogP contribution in [0.4, 0.5) is 5.69 Å². The number of nitrogens with zero attached hydrogens (tertiary/aromatic N) is 1. The molecule has 2 rings (SSSR count). The maximum absolute atomic E-state index is 12.0. The van der Waals surface area contributed by atoms with E-state index >= 15 is 0 Å². The summed E-state index contributed by atoms with van der Waals surface area (Å²) < 4.78 is 5.18. The molecule has 5 heteroatoms. The van der Waals surface area contributed by atoms with Crippen LogP contribution in [0.15, 0.2) is 34.3 Å². The van der Waals surface area contributed by atoms with Gasteiger partial charge in [-0.15, -0.1) is 11.3 Å². The Morgan fingerprint density at radius 1 is 1.56 bits per heavy atom. The molecule has 4 nitrogen and oxygen atoms in total. The van der Waals surface area contributed by atoms with Crippen molar-refractivity contribution in [2.75, 3.05) is 12.8 Å². The molecular formula is C11H12N2O2S. The average Bonchev–Trinajstić information content (AvgIpc) is 2.88. The number of amides is 1. The summed E-state index contributed by atoms with van der Waals surface area (Å²) in [5.41, 5.74) is 6.22.